The Kier molecular flexibility index (Phi) is 4.77. The van der Waals surface area contributed by atoms with E-state index in [1.165, 1.54) is 11.3 Å². The van der Waals surface area contributed by atoms with Crippen LogP contribution in [0.25, 0.3) is 0 Å². The molecule has 0 aliphatic rings. The van der Waals surface area contributed by atoms with Crippen molar-refractivity contribution in [3.63, 3.8) is 0 Å². The number of carboxylic acid groups (broad SMARTS) is 1. The van der Waals surface area contributed by atoms with Crippen molar-refractivity contribution in [2.45, 2.75) is 26.0 Å². The van der Waals surface area contributed by atoms with E-state index in [0.29, 0.717) is 10.8 Å². The summed E-state index contributed by atoms with van der Waals surface area (Å²) in [5.74, 6) is -0.301. The van der Waals surface area contributed by atoms with E-state index in [0.717, 1.165) is 11.4 Å². The molecule has 1 atom stereocenters. The molecule has 1 heterocycles. The number of carbonyl (C=O) groups is 1. The molecule has 0 aliphatic heterocycles. The average molecular weight is 307 g/mol. The fourth-order valence-electron chi connectivity index (χ4n) is 1.63. The largest absolute Gasteiger partial charge is 0.491 e. The zero-order chi connectivity index (χ0) is 15.4. The number of hydrogen-bond acceptors (Lipinski definition) is 6. The number of nitrogens with one attached hydrogen (secondary N) is 1. The molecule has 2 rings (SSSR count). The number of nitrogens with two attached hydrogens (primary N) is 1. The van der Waals surface area contributed by atoms with E-state index in [1.807, 2.05) is 38.1 Å². The van der Waals surface area contributed by atoms with E-state index in [1.54, 1.807) is 5.38 Å². The highest BCUT2D eigenvalue weighted by atomic mass is 32.1. The first-order valence-corrected chi connectivity index (χ1v) is 7.31. The van der Waals surface area contributed by atoms with E-state index in [-0.39, 0.29) is 6.10 Å². The standard InChI is InChI=1S/C14H17N3O3S/c1-8(2)20-10-5-3-9(4-6-10)16-14-17-11(7-21-14)12(15)13(18)19/h3-8,12H,15H2,1-2H3,(H,16,17)(H,18,19). The molecule has 112 valence electrons. The van der Waals surface area contributed by atoms with Gasteiger partial charge in [0.05, 0.1) is 11.8 Å². The van der Waals surface area contributed by atoms with Crippen molar-refractivity contribution in [3.8, 4) is 5.75 Å². The summed E-state index contributed by atoms with van der Waals surface area (Å²) in [5, 5.41) is 14.2. The molecule has 0 saturated heterocycles. The highest BCUT2D eigenvalue weighted by Crippen LogP contribution is 2.25. The number of aromatic nitrogens is 1. The smallest absolute Gasteiger partial charge is 0.326 e. The van der Waals surface area contributed by atoms with Gasteiger partial charge in [-0.2, -0.15) is 0 Å². The number of aliphatic carboxylic acids is 1. The molecule has 7 heteroatoms. The maximum Gasteiger partial charge on any atom is 0.326 e. The second-order valence-electron chi connectivity index (χ2n) is 4.71. The molecule has 1 aromatic carbocycles. The van der Waals surface area contributed by atoms with E-state index >= 15 is 0 Å². The number of anilines is 2. The second kappa shape index (κ2) is 6.55. The van der Waals surface area contributed by atoms with Crippen LogP contribution < -0.4 is 15.8 Å². The van der Waals surface area contributed by atoms with Gasteiger partial charge < -0.3 is 20.9 Å². The fraction of sp³-hybridized carbons (Fsp3) is 0.286. The summed E-state index contributed by atoms with van der Waals surface area (Å²) < 4.78 is 5.56. The molecule has 0 aliphatic carbocycles. The predicted molar refractivity (Wildman–Crippen MR) is 82.2 cm³/mol. The van der Waals surface area contributed by atoms with Crippen LogP contribution >= 0.6 is 11.3 Å². The van der Waals surface area contributed by atoms with Gasteiger partial charge in [-0.05, 0) is 38.1 Å². The van der Waals surface area contributed by atoms with Crippen molar-refractivity contribution in [3.05, 3.63) is 35.3 Å². The van der Waals surface area contributed by atoms with Gasteiger partial charge in [0, 0.05) is 11.1 Å². The Labute approximate surface area is 126 Å². The van der Waals surface area contributed by atoms with Crippen LogP contribution in [0.5, 0.6) is 5.75 Å². The van der Waals surface area contributed by atoms with Gasteiger partial charge >= 0.3 is 5.97 Å². The topological polar surface area (TPSA) is 97.5 Å². The van der Waals surface area contributed by atoms with Crippen LogP contribution in [-0.2, 0) is 4.79 Å². The number of rotatable bonds is 6. The van der Waals surface area contributed by atoms with Crippen LogP contribution in [0.3, 0.4) is 0 Å². The maximum absolute atomic E-state index is 10.8. The first kappa shape index (κ1) is 15.3. The van der Waals surface area contributed by atoms with Gasteiger partial charge in [0.25, 0.3) is 0 Å². The van der Waals surface area contributed by atoms with Crippen LogP contribution in [0.2, 0.25) is 0 Å². The van der Waals surface area contributed by atoms with E-state index in [4.69, 9.17) is 15.6 Å². The molecule has 0 fully saturated rings. The maximum atomic E-state index is 10.8. The van der Waals surface area contributed by atoms with Crippen LogP contribution in [0.15, 0.2) is 29.6 Å². The Hall–Kier alpha value is -2.12. The summed E-state index contributed by atoms with van der Waals surface area (Å²) in [4.78, 5) is 15.0. The van der Waals surface area contributed by atoms with Crippen molar-refractivity contribution >= 4 is 28.1 Å². The van der Waals surface area contributed by atoms with Gasteiger partial charge in [0.2, 0.25) is 0 Å². The summed E-state index contributed by atoms with van der Waals surface area (Å²) in [6, 6.07) is 6.37. The number of ether oxygens (including phenoxy) is 1. The lowest BCUT2D eigenvalue weighted by Gasteiger charge is -2.10. The van der Waals surface area contributed by atoms with Gasteiger partial charge in [0.1, 0.15) is 11.8 Å². The third kappa shape index (κ3) is 4.17. The van der Waals surface area contributed by atoms with Gasteiger partial charge in [-0.25, -0.2) is 4.98 Å². The van der Waals surface area contributed by atoms with Crippen molar-refractivity contribution < 1.29 is 14.6 Å². The third-order valence-electron chi connectivity index (χ3n) is 2.58. The molecule has 6 nitrogen and oxygen atoms in total. The first-order valence-electron chi connectivity index (χ1n) is 6.43. The Morgan fingerprint density at radius 2 is 2.05 bits per heavy atom. The highest BCUT2D eigenvalue weighted by molar-refractivity contribution is 7.13. The molecule has 0 bridgehead atoms. The fourth-order valence-corrected chi connectivity index (χ4v) is 2.39. The molecule has 21 heavy (non-hydrogen) atoms. The Balaban J connectivity index is 2.03. The number of benzene rings is 1. The minimum atomic E-state index is -1.10. The van der Waals surface area contributed by atoms with Crippen LogP contribution in [-0.4, -0.2) is 22.2 Å². The van der Waals surface area contributed by atoms with Crippen molar-refractivity contribution in [2.24, 2.45) is 5.73 Å². The molecule has 0 amide bonds. The van der Waals surface area contributed by atoms with Gasteiger partial charge in [0.15, 0.2) is 5.13 Å². The quantitative estimate of drug-likeness (QED) is 0.759. The first-order chi connectivity index (χ1) is 9.95. The van der Waals surface area contributed by atoms with Gasteiger partial charge in [-0.1, -0.05) is 0 Å². The summed E-state index contributed by atoms with van der Waals surface area (Å²) in [6.45, 7) is 3.93. The van der Waals surface area contributed by atoms with Crippen LogP contribution in [0.4, 0.5) is 10.8 Å². The van der Waals surface area contributed by atoms with Crippen molar-refractivity contribution in [1.82, 2.24) is 4.98 Å². The van der Waals surface area contributed by atoms with E-state index < -0.39 is 12.0 Å². The van der Waals surface area contributed by atoms with E-state index in [2.05, 4.69) is 10.3 Å². The van der Waals surface area contributed by atoms with Gasteiger partial charge in [-0.15, -0.1) is 11.3 Å². The molecule has 0 spiro atoms. The lowest BCUT2D eigenvalue weighted by atomic mass is 10.2. The summed E-state index contributed by atoms with van der Waals surface area (Å²) in [6.07, 6.45) is 0.128. The highest BCUT2D eigenvalue weighted by Gasteiger charge is 2.17. The molecule has 1 unspecified atom stereocenters. The second-order valence-corrected chi connectivity index (χ2v) is 5.57. The number of nitrogens with zero attached hydrogens (tertiary/aromatic N) is 1. The molecule has 1 aromatic heterocycles. The average Bonchev–Trinajstić information content (AvgIpc) is 2.88. The monoisotopic (exact) mass is 307 g/mol. The normalized spacial score (nSPS) is 12.2. The third-order valence-corrected chi connectivity index (χ3v) is 3.36. The predicted octanol–water partition coefficient (Wildman–Crippen LogP) is 2.76. The molecule has 4 N–H and O–H groups in total. The van der Waals surface area contributed by atoms with Gasteiger partial charge in [-0.3, -0.25) is 4.79 Å². The zero-order valence-electron chi connectivity index (χ0n) is 11.7. The van der Waals surface area contributed by atoms with Crippen molar-refractivity contribution in [1.29, 1.82) is 0 Å². The lowest BCUT2D eigenvalue weighted by Crippen LogP contribution is -2.20. The van der Waals surface area contributed by atoms with E-state index in [9.17, 15) is 4.79 Å². The summed E-state index contributed by atoms with van der Waals surface area (Å²) in [7, 11) is 0. The molecule has 0 radical (unpaired) electrons. The Morgan fingerprint density at radius 1 is 1.38 bits per heavy atom. The number of thiazole rings is 1. The summed E-state index contributed by atoms with van der Waals surface area (Å²) in [5.41, 5.74) is 6.70. The Bertz CT molecular complexity index is 610. The minimum Gasteiger partial charge on any atom is -0.491 e. The lowest BCUT2D eigenvalue weighted by molar-refractivity contribution is -0.138. The molecular formula is C14H17N3O3S. The minimum absolute atomic E-state index is 0.128. The van der Waals surface area contributed by atoms with Crippen LogP contribution in [0, 0.1) is 0 Å². The summed E-state index contributed by atoms with van der Waals surface area (Å²) >= 11 is 1.31. The number of hydrogen-bond donors (Lipinski definition) is 3. The molecular weight excluding hydrogens is 290 g/mol. The van der Waals surface area contributed by atoms with Crippen molar-refractivity contribution in [2.75, 3.05) is 5.32 Å². The SMILES string of the molecule is CC(C)Oc1ccc(Nc2nc(C(N)C(=O)O)cs2)cc1. The molecule has 2 aromatic rings. The number of carboxylic acids is 1. The Morgan fingerprint density at radius 3 is 2.62 bits per heavy atom. The molecule has 0 saturated carbocycles. The van der Waals surface area contributed by atoms with Crippen LogP contribution in [0.1, 0.15) is 25.6 Å². The zero-order valence-corrected chi connectivity index (χ0v) is 12.6.